The maximum atomic E-state index is 2.58. The zero-order valence-corrected chi connectivity index (χ0v) is 24.8. The van der Waals surface area contributed by atoms with Crippen molar-refractivity contribution in [3.8, 4) is 22.3 Å². The quantitative estimate of drug-likeness (QED) is 0.190. The lowest BCUT2D eigenvalue weighted by atomic mass is 9.69. The zero-order valence-electron chi connectivity index (χ0n) is 24.8. The van der Waals surface area contributed by atoms with Gasteiger partial charge in [-0.3, -0.25) is 0 Å². The normalized spacial score (nSPS) is 14.2. The molecule has 6 rings (SSSR count). The Morgan fingerprint density at radius 2 is 0.846 bits per heavy atom. The molecule has 0 heteroatoms. The first-order valence-corrected chi connectivity index (χ1v) is 15.5. The molecular formula is C39H44. The van der Waals surface area contributed by atoms with E-state index in [9.17, 15) is 0 Å². The lowest BCUT2D eigenvalue weighted by molar-refractivity contribution is 0.759. The van der Waals surface area contributed by atoms with Gasteiger partial charge in [0.25, 0.3) is 0 Å². The van der Waals surface area contributed by atoms with Crippen LogP contribution in [0.1, 0.15) is 124 Å². The van der Waals surface area contributed by atoms with E-state index in [-0.39, 0.29) is 5.41 Å². The van der Waals surface area contributed by atoms with Gasteiger partial charge in [0.15, 0.2) is 0 Å². The molecule has 0 fully saturated rings. The Hall–Kier alpha value is -3.12. The van der Waals surface area contributed by atoms with Gasteiger partial charge in [-0.25, -0.2) is 0 Å². The molecule has 4 aromatic carbocycles. The van der Waals surface area contributed by atoms with Crippen LogP contribution >= 0.6 is 0 Å². The predicted molar refractivity (Wildman–Crippen MR) is 168 cm³/mol. The minimum absolute atomic E-state index is 0.254. The van der Waals surface area contributed by atoms with Gasteiger partial charge in [-0.1, -0.05) is 127 Å². The summed E-state index contributed by atoms with van der Waals surface area (Å²) in [6.07, 6.45) is 7.23. The predicted octanol–water partition coefficient (Wildman–Crippen LogP) is 11.0. The number of hydrogen-bond donors (Lipinski definition) is 0. The molecule has 0 N–H and O–H groups in total. The summed E-state index contributed by atoms with van der Waals surface area (Å²) in [6.45, 7) is 13.9. The van der Waals surface area contributed by atoms with Gasteiger partial charge in [0, 0.05) is 0 Å². The van der Waals surface area contributed by atoms with Crippen LogP contribution in [0.3, 0.4) is 0 Å². The lowest BCUT2D eigenvalue weighted by Gasteiger charge is -2.32. The highest BCUT2D eigenvalue weighted by Crippen LogP contribution is 2.63. The van der Waals surface area contributed by atoms with Gasteiger partial charge in [-0.15, -0.1) is 0 Å². The van der Waals surface area contributed by atoms with Crippen LogP contribution in [0, 0.1) is 0 Å². The molecule has 4 aromatic rings. The summed E-state index contributed by atoms with van der Waals surface area (Å²) in [6, 6.07) is 29.5. The van der Waals surface area contributed by atoms with Crippen LogP contribution in [0.5, 0.6) is 0 Å². The zero-order chi connectivity index (χ0) is 27.3. The van der Waals surface area contributed by atoms with Gasteiger partial charge in [0.05, 0.1) is 5.41 Å². The molecule has 0 amide bonds. The number of hydrogen-bond acceptors (Lipinski definition) is 0. The molecule has 0 heterocycles. The van der Waals surface area contributed by atoms with E-state index in [0.29, 0.717) is 11.8 Å². The summed E-state index contributed by atoms with van der Waals surface area (Å²) in [5.74, 6) is 0.990. The van der Waals surface area contributed by atoms with Gasteiger partial charge in [0.2, 0.25) is 0 Å². The fourth-order valence-corrected chi connectivity index (χ4v) is 7.15. The molecule has 0 atom stereocenters. The van der Waals surface area contributed by atoms with Crippen molar-refractivity contribution in [2.75, 3.05) is 0 Å². The Labute approximate surface area is 236 Å². The number of rotatable bonds is 8. The van der Waals surface area contributed by atoms with Crippen molar-refractivity contribution in [2.24, 2.45) is 0 Å². The van der Waals surface area contributed by atoms with E-state index in [1.165, 1.54) is 92.4 Å². The SMILES string of the molecule is CCCCc1ccc2c(c1)C1(c3cc(CCCC)ccc3-2)c2cc(C(C)C)ccc2-c2ccc(C(C)C)cc21. The fourth-order valence-electron chi connectivity index (χ4n) is 7.15. The van der Waals surface area contributed by atoms with Gasteiger partial charge < -0.3 is 0 Å². The van der Waals surface area contributed by atoms with Crippen LogP contribution in [0.2, 0.25) is 0 Å². The van der Waals surface area contributed by atoms with Crippen LogP contribution in [-0.2, 0) is 18.3 Å². The number of unbranched alkanes of at least 4 members (excludes halogenated alkanes) is 2. The number of aryl methyl sites for hydroxylation is 2. The summed E-state index contributed by atoms with van der Waals surface area (Å²) in [7, 11) is 0. The molecule has 0 aromatic heterocycles. The minimum atomic E-state index is -0.254. The Morgan fingerprint density at radius 3 is 1.21 bits per heavy atom. The summed E-state index contributed by atoms with van der Waals surface area (Å²) in [4.78, 5) is 0. The molecule has 0 saturated carbocycles. The topological polar surface area (TPSA) is 0 Å². The molecule has 0 unspecified atom stereocenters. The molecule has 0 saturated heterocycles. The highest BCUT2D eigenvalue weighted by atomic mass is 14.5. The molecular weight excluding hydrogens is 468 g/mol. The van der Waals surface area contributed by atoms with Crippen LogP contribution < -0.4 is 0 Å². The Kier molecular flexibility index (Phi) is 6.78. The van der Waals surface area contributed by atoms with E-state index < -0.39 is 0 Å². The largest absolute Gasteiger partial charge is 0.0725 e. The highest BCUT2D eigenvalue weighted by molar-refractivity contribution is 5.95. The molecule has 2 aliphatic carbocycles. The van der Waals surface area contributed by atoms with Crippen molar-refractivity contribution in [1.82, 2.24) is 0 Å². The first-order chi connectivity index (χ1) is 18.9. The number of benzene rings is 4. The van der Waals surface area contributed by atoms with E-state index in [1.54, 1.807) is 0 Å². The van der Waals surface area contributed by atoms with Crippen LogP contribution in [0.4, 0.5) is 0 Å². The Balaban J connectivity index is 1.73. The third-order valence-electron chi connectivity index (χ3n) is 9.42. The van der Waals surface area contributed by atoms with Crippen LogP contribution in [-0.4, -0.2) is 0 Å². The maximum Gasteiger partial charge on any atom is 0.0725 e. The van der Waals surface area contributed by atoms with Crippen LogP contribution in [0.15, 0.2) is 72.8 Å². The van der Waals surface area contributed by atoms with Crippen molar-refractivity contribution in [3.05, 3.63) is 117 Å². The second-order valence-electron chi connectivity index (χ2n) is 12.6. The molecule has 2 aliphatic rings. The van der Waals surface area contributed by atoms with E-state index in [4.69, 9.17) is 0 Å². The molecule has 0 aliphatic heterocycles. The summed E-state index contributed by atoms with van der Waals surface area (Å²) >= 11 is 0. The van der Waals surface area contributed by atoms with Crippen molar-refractivity contribution in [3.63, 3.8) is 0 Å². The van der Waals surface area contributed by atoms with Gasteiger partial charge in [0.1, 0.15) is 0 Å². The standard InChI is InChI=1S/C39H44/c1-7-9-11-27-13-17-31-32-18-14-28(12-10-8-2)22-36(32)39(35(31)21-27)37-23-29(25(3)4)15-19-33(37)34-20-16-30(26(5)6)24-38(34)39/h13-26H,7-12H2,1-6H3. The van der Waals surface area contributed by atoms with Crippen molar-refractivity contribution < 1.29 is 0 Å². The van der Waals surface area contributed by atoms with Gasteiger partial charge in [-0.05, 0) is 104 Å². The molecule has 200 valence electrons. The van der Waals surface area contributed by atoms with Crippen molar-refractivity contribution in [2.45, 2.75) is 97.3 Å². The summed E-state index contributed by atoms with van der Waals surface area (Å²) in [5, 5.41) is 0. The molecule has 39 heavy (non-hydrogen) atoms. The van der Waals surface area contributed by atoms with Gasteiger partial charge >= 0.3 is 0 Å². The molecule has 0 radical (unpaired) electrons. The monoisotopic (exact) mass is 512 g/mol. The van der Waals surface area contributed by atoms with Gasteiger partial charge in [-0.2, -0.15) is 0 Å². The lowest BCUT2D eigenvalue weighted by Crippen LogP contribution is -2.26. The minimum Gasteiger partial charge on any atom is -0.0654 e. The first-order valence-electron chi connectivity index (χ1n) is 15.5. The third kappa shape index (κ3) is 4.02. The highest BCUT2D eigenvalue weighted by Gasteiger charge is 2.52. The first kappa shape index (κ1) is 26.1. The van der Waals surface area contributed by atoms with E-state index >= 15 is 0 Å². The maximum absolute atomic E-state index is 2.58. The van der Waals surface area contributed by atoms with Crippen LogP contribution in [0.25, 0.3) is 22.3 Å². The molecule has 1 spiro atoms. The van der Waals surface area contributed by atoms with Crippen molar-refractivity contribution >= 4 is 0 Å². The van der Waals surface area contributed by atoms with E-state index in [1.807, 2.05) is 0 Å². The average Bonchev–Trinajstić information content (AvgIpc) is 3.40. The van der Waals surface area contributed by atoms with Crippen molar-refractivity contribution in [1.29, 1.82) is 0 Å². The Morgan fingerprint density at radius 1 is 0.487 bits per heavy atom. The molecule has 0 bridgehead atoms. The second-order valence-corrected chi connectivity index (χ2v) is 12.6. The second kappa shape index (κ2) is 10.1. The van der Waals surface area contributed by atoms with E-state index in [0.717, 1.165) is 12.8 Å². The molecule has 0 nitrogen and oxygen atoms in total. The third-order valence-corrected chi connectivity index (χ3v) is 9.42. The Bertz CT molecular complexity index is 1410. The summed E-state index contributed by atoms with van der Waals surface area (Å²) < 4.78 is 0. The average molecular weight is 513 g/mol. The summed E-state index contributed by atoms with van der Waals surface area (Å²) in [5.41, 5.74) is 17.2. The fraction of sp³-hybridized carbons (Fsp3) is 0.385. The van der Waals surface area contributed by atoms with E-state index in [2.05, 4.69) is 114 Å². The number of fused-ring (bicyclic) bond motifs is 10. The smallest absolute Gasteiger partial charge is 0.0654 e.